The van der Waals surface area contributed by atoms with Gasteiger partial charge in [-0.05, 0) is 63.3 Å². The zero-order valence-corrected chi connectivity index (χ0v) is 16.8. The standard InChI is InChI=1S/C20H23FN2O4S/c1-4-25-16-10-13(11-17(26-5-2)18(16)27-6-3)19(24)23-20(28)22-15-9-7-8-14(21)12-15/h7-12H,4-6H2,1-3H3,(H2,22,23,24,28). The van der Waals surface area contributed by atoms with Gasteiger partial charge in [-0.25, -0.2) is 4.39 Å². The van der Waals surface area contributed by atoms with Crippen molar-refractivity contribution in [1.29, 1.82) is 0 Å². The molecule has 0 spiro atoms. The summed E-state index contributed by atoms with van der Waals surface area (Å²) in [4.78, 5) is 12.6. The fourth-order valence-corrected chi connectivity index (χ4v) is 2.63. The van der Waals surface area contributed by atoms with Gasteiger partial charge >= 0.3 is 0 Å². The number of carbonyl (C=O) groups is 1. The zero-order chi connectivity index (χ0) is 20.5. The van der Waals surface area contributed by atoms with Gasteiger partial charge in [-0.2, -0.15) is 0 Å². The summed E-state index contributed by atoms with van der Waals surface area (Å²) in [6, 6.07) is 8.90. The quantitative estimate of drug-likeness (QED) is 0.642. The first-order valence-electron chi connectivity index (χ1n) is 8.92. The van der Waals surface area contributed by atoms with Crippen LogP contribution in [0.5, 0.6) is 17.2 Å². The summed E-state index contributed by atoms with van der Waals surface area (Å²) in [5.74, 6) is 0.393. The Hall–Kier alpha value is -2.87. The summed E-state index contributed by atoms with van der Waals surface area (Å²) in [5, 5.41) is 5.37. The van der Waals surface area contributed by atoms with E-state index >= 15 is 0 Å². The number of halogens is 1. The van der Waals surface area contributed by atoms with Crippen LogP contribution in [0, 0.1) is 5.82 Å². The Kier molecular flexibility index (Phi) is 8.01. The van der Waals surface area contributed by atoms with E-state index in [9.17, 15) is 9.18 Å². The molecule has 0 heterocycles. The fourth-order valence-electron chi connectivity index (χ4n) is 2.42. The van der Waals surface area contributed by atoms with E-state index in [-0.39, 0.29) is 5.11 Å². The van der Waals surface area contributed by atoms with Gasteiger partial charge in [-0.1, -0.05) is 6.07 Å². The van der Waals surface area contributed by atoms with Gasteiger partial charge in [0.1, 0.15) is 5.82 Å². The molecule has 0 saturated carbocycles. The Balaban J connectivity index is 2.22. The lowest BCUT2D eigenvalue weighted by molar-refractivity contribution is 0.0976. The van der Waals surface area contributed by atoms with Crippen LogP contribution in [0.3, 0.4) is 0 Å². The number of carbonyl (C=O) groups excluding carboxylic acids is 1. The third-order valence-electron chi connectivity index (χ3n) is 3.48. The summed E-state index contributed by atoms with van der Waals surface area (Å²) in [7, 11) is 0. The van der Waals surface area contributed by atoms with Gasteiger partial charge in [0, 0.05) is 11.3 Å². The van der Waals surface area contributed by atoms with Crippen molar-refractivity contribution in [1.82, 2.24) is 5.32 Å². The number of anilines is 1. The Morgan fingerprint density at radius 1 is 1.00 bits per heavy atom. The molecule has 0 unspecified atom stereocenters. The van der Waals surface area contributed by atoms with Crippen LogP contribution in [0.1, 0.15) is 31.1 Å². The van der Waals surface area contributed by atoms with Gasteiger partial charge in [0.2, 0.25) is 5.75 Å². The van der Waals surface area contributed by atoms with Crippen LogP contribution < -0.4 is 24.8 Å². The van der Waals surface area contributed by atoms with E-state index in [4.69, 9.17) is 26.4 Å². The van der Waals surface area contributed by atoms with Gasteiger partial charge in [0.05, 0.1) is 19.8 Å². The Morgan fingerprint density at radius 3 is 2.14 bits per heavy atom. The summed E-state index contributed by atoms with van der Waals surface area (Å²) < 4.78 is 30.1. The Labute approximate surface area is 169 Å². The highest BCUT2D eigenvalue weighted by Gasteiger charge is 2.19. The average Bonchev–Trinajstić information content (AvgIpc) is 2.64. The van der Waals surface area contributed by atoms with Gasteiger partial charge in [-0.3, -0.25) is 10.1 Å². The van der Waals surface area contributed by atoms with Crippen LogP contribution in [0.2, 0.25) is 0 Å². The predicted molar refractivity (Wildman–Crippen MR) is 110 cm³/mol. The van der Waals surface area contributed by atoms with Crippen molar-refractivity contribution in [3.8, 4) is 17.2 Å². The molecule has 150 valence electrons. The number of benzene rings is 2. The van der Waals surface area contributed by atoms with Crippen molar-refractivity contribution in [2.75, 3.05) is 25.1 Å². The Morgan fingerprint density at radius 2 is 1.61 bits per heavy atom. The third kappa shape index (κ3) is 5.82. The van der Waals surface area contributed by atoms with E-state index < -0.39 is 11.7 Å². The largest absolute Gasteiger partial charge is 0.490 e. The first-order chi connectivity index (χ1) is 13.5. The van der Waals surface area contributed by atoms with E-state index in [1.807, 2.05) is 20.8 Å². The van der Waals surface area contributed by atoms with E-state index in [2.05, 4.69) is 10.6 Å². The third-order valence-corrected chi connectivity index (χ3v) is 3.68. The molecular formula is C20H23FN2O4S. The zero-order valence-electron chi connectivity index (χ0n) is 16.0. The molecule has 0 aromatic heterocycles. The van der Waals surface area contributed by atoms with Gasteiger partial charge < -0.3 is 19.5 Å². The molecule has 0 saturated heterocycles. The molecular weight excluding hydrogens is 383 g/mol. The van der Waals surface area contributed by atoms with E-state index in [1.165, 1.54) is 18.2 Å². The second kappa shape index (κ2) is 10.5. The molecule has 0 aliphatic rings. The number of amides is 1. The van der Waals surface area contributed by atoms with Crippen LogP contribution in [0.4, 0.5) is 10.1 Å². The molecule has 2 N–H and O–H groups in total. The Bertz CT molecular complexity index is 818. The minimum atomic E-state index is -0.459. The normalized spacial score (nSPS) is 10.1. The van der Waals surface area contributed by atoms with Crippen molar-refractivity contribution in [2.45, 2.75) is 20.8 Å². The minimum absolute atomic E-state index is 0.0420. The van der Waals surface area contributed by atoms with Gasteiger partial charge in [-0.15, -0.1) is 0 Å². The van der Waals surface area contributed by atoms with Crippen LogP contribution in [-0.2, 0) is 0 Å². The van der Waals surface area contributed by atoms with Crippen LogP contribution in [0.15, 0.2) is 36.4 Å². The van der Waals surface area contributed by atoms with Crippen molar-refractivity contribution < 1.29 is 23.4 Å². The van der Waals surface area contributed by atoms with Crippen molar-refractivity contribution in [2.24, 2.45) is 0 Å². The minimum Gasteiger partial charge on any atom is -0.490 e. The maximum absolute atomic E-state index is 13.3. The molecule has 28 heavy (non-hydrogen) atoms. The lowest BCUT2D eigenvalue weighted by Crippen LogP contribution is -2.34. The summed E-state index contributed by atoms with van der Waals surface area (Å²) in [6.07, 6.45) is 0. The maximum Gasteiger partial charge on any atom is 0.257 e. The smallest absolute Gasteiger partial charge is 0.257 e. The lowest BCUT2D eigenvalue weighted by atomic mass is 10.1. The van der Waals surface area contributed by atoms with Crippen LogP contribution in [0.25, 0.3) is 0 Å². The lowest BCUT2D eigenvalue weighted by Gasteiger charge is -2.17. The predicted octanol–water partition coefficient (Wildman–Crippen LogP) is 4.15. The number of nitrogens with one attached hydrogen (secondary N) is 2. The number of thiocarbonyl (C=S) groups is 1. The highest BCUT2D eigenvalue weighted by atomic mass is 32.1. The number of ether oxygens (including phenoxy) is 3. The SMILES string of the molecule is CCOc1cc(C(=O)NC(=S)Nc2cccc(F)c2)cc(OCC)c1OCC. The summed E-state index contributed by atoms with van der Waals surface area (Å²) in [6.45, 7) is 6.74. The monoisotopic (exact) mass is 406 g/mol. The van der Waals surface area contributed by atoms with Crippen molar-refractivity contribution >= 4 is 28.9 Å². The highest BCUT2D eigenvalue weighted by Crippen LogP contribution is 2.39. The highest BCUT2D eigenvalue weighted by molar-refractivity contribution is 7.80. The second-order valence-electron chi connectivity index (χ2n) is 5.52. The first-order valence-corrected chi connectivity index (χ1v) is 9.33. The molecule has 1 amide bonds. The second-order valence-corrected chi connectivity index (χ2v) is 5.93. The summed E-state index contributed by atoms with van der Waals surface area (Å²) in [5.41, 5.74) is 0.723. The number of hydrogen-bond donors (Lipinski definition) is 2. The van der Waals surface area contributed by atoms with E-state index in [0.29, 0.717) is 48.3 Å². The molecule has 0 aliphatic carbocycles. The fraction of sp³-hybridized carbons (Fsp3) is 0.300. The summed E-state index contributed by atoms with van der Waals surface area (Å²) >= 11 is 5.14. The van der Waals surface area contributed by atoms with Gasteiger partial charge in [0.15, 0.2) is 16.6 Å². The molecule has 2 aromatic rings. The van der Waals surface area contributed by atoms with E-state index in [0.717, 1.165) is 0 Å². The molecule has 0 aliphatic heterocycles. The van der Waals surface area contributed by atoms with Crippen molar-refractivity contribution in [3.63, 3.8) is 0 Å². The molecule has 2 aromatic carbocycles. The molecule has 0 fully saturated rings. The maximum atomic E-state index is 13.3. The van der Waals surface area contributed by atoms with Crippen LogP contribution in [-0.4, -0.2) is 30.8 Å². The van der Waals surface area contributed by atoms with Gasteiger partial charge in [0.25, 0.3) is 5.91 Å². The first kappa shape index (κ1) is 21.4. The molecule has 2 rings (SSSR count). The average molecular weight is 406 g/mol. The van der Waals surface area contributed by atoms with Crippen LogP contribution >= 0.6 is 12.2 Å². The number of rotatable bonds is 8. The molecule has 0 atom stereocenters. The molecule has 8 heteroatoms. The number of hydrogen-bond acceptors (Lipinski definition) is 5. The molecule has 0 bridgehead atoms. The molecule has 6 nitrogen and oxygen atoms in total. The molecule has 0 radical (unpaired) electrons. The van der Waals surface area contributed by atoms with E-state index in [1.54, 1.807) is 18.2 Å². The van der Waals surface area contributed by atoms with Crippen molar-refractivity contribution in [3.05, 3.63) is 47.8 Å². The topological polar surface area (TPSA) is 68.8 Å².